The molecular weight excluding hydrogens is 338 g/mol. The van der Waals surface area contributed by atoms with Crippen LogP contribution in [0.25, 0.3) is 10.6 Å². The van der Waals surface area contributed by atoms with E-state index >= 15 is 0 Å². The number of aromatic nitrogens is 2. The van der Waals surface area contributed by atoms with Gasteiger partial charge in [-0.1, -0.05) is 6.07 Å². The molecule has 0 amide bonds. The van der Waals surface area contributed by atoms with Gasteiger partial charge in [0.15, 0.2) is 0 Å². The van der Waals surface area contributed by atoms with Crippen LogP contribution in [0.2, 0.25) is 0 Å². The van der Waals surface area contributed by atoms with Crippen LogP contribution < -0.4 is 4.72 Å². The number of ether oxygens (including phenoxy) is 1. The maximum absolute atomic E-state index is 12.6. The molecule has 0 aliphatic carbocycles. The molecule has 2 rings (SSSR count). The molecule has 0 fully saturated rings. The van der Waals surface area contributed by atoms with Crippen LogP contribution in [0, 0.1) is 0 Å². The number of aliphatic hydroxyl groups is 1. The maximum atomic E-state index is 12.6. The second kappa shape index (κ2) is 8.02. The standard InChI is InChI=1S/C14H21N3O4S2/c1-11(2)17-10-13(14(16-17)12-4-3-9-22-12)23(19,20)15-5-7-21-8-6-18/h3-4,9-11,15,18H,5-8H2,1-2H3. The first-order valence-electron chi connectivity index (χ1n) is 7.27. The van der Waals surface area contributed by atoms with Gasteiger partial charge in [-0.05, 0) is 25.3 Å². The molecule has 0 saturated heterocycles. The molecule has 0 unspecified atom stereocenters. The third kappa shape index (κ3) is 4.61. The van der Waals surface area contributed by atoms with Crippen LogP contribution in [0.5, 0.6) is 0 Å². The third-order valence-corrected chi connectivity index (χ3v) is 5.38. The Morgan fingerprint density at radius 1 is 1.43 bits per heavy atom. The van der Waals surface area contributed by atoms with Crippen LogP contribution >= 0.6 is 11.3 Å². The number of sulfonamides is 1. The summed E-state index contributed by atoms with van der Waals surface area (Å²) >= 11 is 1.45. The molecule has 0 radical (unpaired) electrons. The second-order valence-corrected chi connectivity index (χ2v) is 7.81. The van der Waals surface area contributed by atoms with Crippen LogP contribution in [0.15, 0.2) is 28.6 Å². The topological polar surface area (TPSA) is 93.5 Å². The lowest BCUT2D eigenvalue weighted by Gasteiger charge is -2.06. The Bertz CT molecular complexity index is 708. The molecule has 0 aliphatic heterocycles. The smallest absolute Gasteiger partial charge is 0.244 e. The highest BCUT2D eigenvalue weighted by molar-refractivity contribution is 7.89. The normalized spacial score (nSPS) is 12.2. The molecular formula is C14H21N3O4S2. The van der Waals surface area contributed by atoms with Crippen LogP contribution in [-0.4, -0.2) is 49.7 Å². The summed E-state index contributed by atoms with van der Waals surface area (Å²) in [5.41, 5.74) is 0.456. The molecule has 2 heterocycles. The summed E-state index contributed by atoms with van der Waals surface area (Å²) in [6.07, 6.45) is 1.55. The number of thiophene rings is 1. The highest BCUT2D eigenvalue weighted by Gasteiger charge is 2.24. The highest BCUT2D eigenvalue weighted by atomic mass is 32.2. The average Bonchev–Trinajstić information content (AvgIpc) is 3.16. The molecule has 2 aromatic rings. The largest absolute Gasteiger partial charge is 0.394 e. The summed E-state index contributed by atoms with van der Waals surface area (Å²) in [4.78, 5) is 0.970. The predicted octanol–water partition coefficient (Wildman–Crippen LogP) is 1.48. The zero-order valence-corrected chi connectivity index (χ0v) is 14.7. The summed E-state index contributed by atoms with van der Waals surface area (Å²) in [6.45, 7) is 4.32. The first-order valence-corrected chi connectivity index (χ1v) is 9.63. The molecule has 7 nitrogen and oxygen atoms in total. The second-order valence-electron chi connectivity index (χ2n) is 5.13. The van der Waals surface area contributed by atoms with Crippen molar-refractivity contribution in [2.24, 2.45) is 0 Å². The van der Waals surface area contributed by atoms with Gasteiger partial charge in [0, 0.05) is 18.8 Å². The fourth-order valence-corrected chi connectivity index (χ4v) is 3.86. The number of rotatable bonds is 9. The lowest BCUT2D eigenvalue weighted by atomic mass is 10.3. The molecule has 9 heteroatoms. The van der Waals surface area contributed by atoms with E-state index in [1.54, 1.807) is 10.9 Å². The van der Waals surface area contributed by atoms with E-state index in [0.29, 0.717) is 5.69 Å². The minimum absolute atomic E-state index is 0.0607. The van der Waals surface area contributed by atoms with Gasteiger partial charge in [0.2, 0.25) is 10.0 Å². The third-order valence-electron chi connectivity index (χ3n) is 3.05. The summed E-state index contributed by atoms with van der Waals surface area (Å²) in [6, 6.07) is 3.77. The molecule has 0 spiro atoms. The molecule has 0 atom stereocenters. The van der Waals surface area contributed by atoms with Gasteiger partial charge in [-0.15, -0.1) is 11.3 Å². The van der Waals surface area contributed by atoms with Crippen molar-refractivity contribution in [2.45, 2.75) is 24.8 Å². The average molecular weight is 359 g/mol. The minimum Gasteiger partial charge on any atom is -0.394 e. The van der Waals surface area contributed by atoms with Crippen molar-refractivity contribution in [1.29, 1.82) is 0 Å². The van der Waals surface area contributed by atoms with Crippen molar-refractivity contribution < 1.29 is 18.3 Å². The Morgan fingerprint density at radius 3 is 2.83 bits per heavy atom. The molecule has 0 aliphatic rings. The molecule has 23 heavy (non-hydrogen) atoms. The minimum atomic E-state index is -3.69. The van der Waals surface area contributed by atoms with Crippen molar-refractivity contribution in [1.82, 2.24) is 14.5 Å². The molecule has 0 saturated carbocycles. The molecule has 128 valence electrons. The number of nitrogens with one attached hydrogen (secondary N) is 1. The van der Waals surface area contributed by atoms with Crippen LogP contribution in [0.3, 0.4) is 0 Å². The summed E-state index contributed by atoms with van der Waals surface area (Å²) in [5.74, 6) is 0. The molecule has 0 aromatic carbocycles. The number of aliphatic hydroxyl groups excluding tert-OH is 1. The van der Waals surface area contributed by atoms with Gasteiger partial charge in [-0.25, -0.2) is 13.1 Å². The van der Waals surface area contributed by atoms with Gasteiger partial charge in [0.1, 0.15) is 10.6 Å². The van der Waals surface area contributed by atoms with Crippen molar-refractivity contribution in [3.05, 3.63) is 23.7 Å². The van der Waals surface area contributed by atoms with Crippen molar-refractivity contribution in [3.8, 4) is 10.6 Å². The Hall–Kier alpha value is -1.26. The summed E-state index contributed by atoms with van der Waals surface area (Å²) < 4.78 is 34.3. The van der Waals surface area contributed by atoms with Crippen LogP contribution in [-0.2, 0) is 14.8 Å². The van der Waals surface area contributed by atoms with E-state index in [4.69, 9.17) is 9.84 Å². The molecule has 2 N–H and O–H groups in total. The lowest BCUT2D eigenvalue weighted by molar-refractivity contribution is 0.0961. The Morgan fingerprint density at radius 2 is 2.22 bits per heavy atom. The fraction of sp³-hybridized carbons (Fsp3) is 0.500. The Balaban J connectivity index is 2.23. The van der Waals surface area contributed by atoms with Crippen molar-refractivity contribution in [2.75, 3.05) is 26.4 Å². The van der Waals surface area contributed by atoms with E-state index in [-0.39, 0.29) is 37.3 Å². The Labute approximate surface area is 140 Å². The SMILES string of the molecule is CC(C)n1cc(S(=O)(=O)NCCOCCO)c(-c2cccs2)n1. The van der Waals surface area contributed by atoms with E-state index in [1.807, 2.05) is 31.4 Å². The van der Waals surface area contributed by atoms with Gasteiger partial charge in [-0.3, -0.25) is 4.68 Å². The predicted molar refractivity (Wildman–Crippen MR) is 89.0 cm³/mol. The van der Waals surface area contributed by atoms with E-state index in [9.17, 15) is 8.42 Å². The first-order chi connectivity index (χ1) is 11.0. The van der Waals surface area contributed by atoms with Crippen LogP contribution in [0.1, 0.15) is 19.9 Å². The first kappa shape index (κ1) is 18.1. The number of hydrogen-bond donors (Lipinski definition) is 2. The fourth-order valence-electron chi connectivity index (χ4n) is 1.91. The molecule has 2 aromatic heterocycles. The van der Waals surface area contributed by atoms with Gasteiger partial charge >= 0.3 is 0 Å². The van der Waals surface area contributed by atoms with Crippen molar-refractivity contribution >= 4 is 21.4 Å². The van der Waals surface area contributed by atoms with E-state index in [2.05, 4.69) is 9.82 Å². The number of nitrogens with zero attached hydrogens (tertiary/aromatic N) is 2. The summed E-state index contributed by atoms with van der Waals surface area (Å²) in [7, 11) is -3.69. The van der Waals surface area contributed by atoms with Crippen LogP contribution in [0.4, 0.5) is 0 Å². The molecule has 0 bridgehead atoms. The van der Waals surface area contributed by atoms with E-state index in [1.165, 1.54) is 11.3 Å². The zero-order valence-electron chi connectivity index (χ0n) is 13.1. The van der Waals surface area contributed by atoms with Crippen molar-refractivity contribution in [3.63, 3.8) is 0 Å². The summed E-state index contributed by atoms with van der Waals surface area (Å²) in [5, 5.41) is 14.9. The highest BCUT2D eigenvalue weighted by Crippen LogP contribution is 2.30. The van der Waals surface area contributed by atoms with E-state index < -0.39 is 10.0 Å². The quantitative estimate of drug-likeness (QED) is 0.662. The van der Waals surface area contributed by atoms with Gasteiger partial charge in [0.05, 0.1) is 24.7 Å². The lowest BCUT2D eigenvalue weighted by Crippen LogP contribution is -2.28. The van der Waals surface area contributed by atoms with E-state index in [0.717, 1.165) is 4.88 Å². The zero-order chi connectivity index (χ0) is 16.9. The van der Waals surface area contributed by atoms with Gasteiger partial charge in [-0.2, -0.15) is 5.10 Å². The monoisotopic (exact) mass is 359 g/mol. The maximum Gasteiger partial charge on any atom is 0.244 e. The number of hydrogen-bond acceptors (Lipinski definition) is 6. The van der Waals surface area contributed by atoms with Gasteiger partial charge in [0.25, 0.3) is 0 Å². The Kier molecular flexibility index (Phi) is 6.31. The van der Waals surface area contributed by atoms with Gasteiger partial charge < -0.3 is 9.84 Å².